The van der Waals surface area contributed by atoms with Crippen LogP contribution < -0.4 is 5.32 Å². The van der Waals surface area contributed by atoms with Gasteiger partial charge < -0.3 is 5.32 Å². The summed E-state index contributed by atoms with van der Waals surface area (Å²) in [6.45, 7) is 2.41. The molecule has 0 amide bonds. The van der Waals surface area contributed by atoms with E-state index in [4.69, 9.17) is 0 Å². The minimum atomic E-state index is 1.01. The molecule has 1 aliphatic carbocycles. The Hall–Kier alpha value is 0.0500. The fourth-order valence-electron chi connectivity index (χ4n) is 2.01. The summed E-state index contributed by atoms with van der Waals surface area (Å²) in [5.41, 5.74) is 1.77. The zero-order valence-corrected chi connectivity index (χ0v) is 6.71. The van der Waals surface area contributed by atoms with E-state index in [0.29, 0.717) is 0 Å². The highest BCUT2D eigenvalue weighted by Crippen LogP contribution is 2.58. The van der Waals surface area contributed by atoms with E-state index in [2.05, 4.69) is 17.1 Å². The molecular formula is C8H11NS. The van der Waals surface area contributed by atoms with Crippen LogP contribution in [0.25, 0.3) is 0 Å². The molecule has 1 N–H and O–H groups in total. The molecule has 0 bridgehead atoms. The smallest absolute Gasteiger partial charge is 0.0178 e. The summed E-state index contributed by atoms with van der Waals surface area (Å²) in [5.74, 6) is 1.01. The Bertz CT molecular complexity index is 209. The molecule has 0 radical (unpaired) electrons. The van der Waals surface area contributed by atoms with Gasteiger partial charge in [-0.2, -0.15) is 0 Å². The summed E-state index contributed by atoms with van der Waals surface area (Å²) in [5, 5.41) is 4.46. The largest absolute Gasteiger partial charge is 0.313 e. The summed E-state index contributed by atoms with van der Waals surface area (Å²) in [4.78, 5) is 1.74. The Morgan fingerprint density at radius 1 is 1.50 bits per heavy atom. The first-order valence-electron chi connectivity index (χ1n) is 4.04. The molecule has 3 aliphatic rings. The molecule has 1 fully saturated rings. The van der Waals surface area contributed by atoms with Gasteiger partial charge in [-0.1, -0.05) is 0 Å². The van der Waals surface area contributed by atoms with Gasteiger partial charge in [-0.05, 0) is 35.8 Å². The summed E-state index contributed by atoms with van der Waals surface area (Å²) >= 11 is 2.16. The van der Waals surface area contributed by atoms with Crippen LogP contribution in [0.3, 0.4) is 0 Å². The maximum Gasteiger partial charge on any atom is 0.0178 e. The number of hydrogen-bond acceptors (Lipinski definition) is 2. The van der Waals surface area contributed by atoms with Crippen LogP contribution in [0.2, 0.25) is 0 Å². The maximum atomic E-state index is 3.44. The lowest BCUT2D eigenvalue weighted by Gasteiger charge is -2.16. The minimum Gasteiger partial charge on any atom is -0.313 e. The monoisotopic (exact) mass is 153 g/mol. The molecule has 2 atom stereocenters. The van der Waals surface area contributed by atoms with E-state index in [9.17, 15) is 0 Å². The van der Waals surface area contributed by atoms with Gasteiger partial charge in [-0.15, -0.1) is 11.8 Å². The van der Waals surface area contributed by atoms with Crippen molar-refractivity contribution in [2.75, 3.05) is 13.1 Å². The fourth-order valence-corrected chi connectivity index (χ4v) is 3.60. The number of fused-ring (bicyclic) bond motifs is 2. The van der Waals surface area contributed by atoms with Crippen molar-refractivity contribution in [1.29, 1.82) is 0 Å². The van der Waals surface area contributed by atoms with Crippen LogP contribution in [-0.2, 0) is 0 Å². The molecule has 0 aromatic rings. The van der Waals surface area contributed by atoms with Gasteiger partial charge in [0.1, 0.15) is 0 Å². The summed E-state index contributed by atoms with van der Waals surface area (Å²) < 4.78 is 0. The lowest BCUT2D eigenvalue weighted by Crippen LogP contribution is -2.24. The highest BCUT2D eigenvalue weighted by molar-refractivity contribution is 8.04. The van der Waals surface area contributed by atoms with Crippen LogP contribution in [0, 0.1) is 5.92 Å². The number of thioether (sulfide) groups is 1. The lowest BCUT2D eigenvalue weighted by molar-refractivity contribution is 0.673. The SMILES string of the molecule is C1CC2=C(CN1)C1CC1S2. The second-order valence-corrected chi connectivity index (χ2v) is 4.71. The van der Waals surface area contributed by atoms with Crippen LogP contribution in [0.15, 0.2) is 10.5 Å². The first-order chi connectivity index (χ1) is 4.95. The molecular weight excluding hydrogens is 142 g/mol. The highest BCUT2D eigenvalue weighted by atomic mass is 32.2. The zero-order chi connectivity index (χ0) is 6.55. The molecule has 2 unspecified atom stereocenters. The summed E-state index contributed by atoms with van der Waals surface area (Å²) in [6, 6.07) is 0. The van der Waals surface area contributed by atoms with Crippen molar-refractivity contribution in [3.63, 3.8) is 0 Å². The maximum absolute atomic E-state index is 3.44. The van der Waals surface area contributed by atoms with Crippen LogP contribution in [0.5, 0.6) is 0 Å². The van der Waals surface area contributed by atoms with Crippen LogP contribution in [0.4, 0.5) is 0 Å². The summed E-state index contributed by atoms with van der Waals surface area (Å²) in [6.07, 6.45) is 2.79. The third kappa shape index (κ3) is 0.638. The molecule has 1 saturated carbocycles. The van der Waals surface area contributed by atoms with Gasteiger partial charge in [0.05, 0.1) is 0 Å². The van der Waals surface area contributed by atoms with Crippen LogP contribution in [0.1, 0.15) is 12.8 Å². The van der Waals surface area contributed by atoms with Crippen LogP contribution in [-0.4, -0.2) is 18.3 Å². The van der Waals surface area contributed by atoms with Crippen molar-refractivity contribution in [2.45, 2.75) is 18.1 Å². The van der Waals surface area contributed by atoms with Gasteiger partial charge in [0.15, 0.2) is 0 Å². The van der Waals surface area contributed by atoms with Crippen molar-refractivity contribution >= 4 is 11.8 Å². The topological polar surface area (TPSA) is 12.0 Å². The predicted molar refractivity (Wildman–Crippen MR) is 44.0 cm³/mol. The van der Waals surface area contributed by atoms with E-state index in [1.807, 2.05) is 0 Å². The van der Waals surface area contributed by atoms with E-state index in [1.165, 1.54) is 25.9 Å². The van der Waals surface area contributed by atoms with Gasteiger partial charge in [0.25, 0.3) is 0 Å². The third-order valence-electron chi connectivity index (χ3n) is 2.68. The van der Waals surface area contributed by atoms with Gasteiger partial charge in [-0.25, -0.2) is 0 Å². The van der Waals surface area contributed by atoms with Gasteiger partial charge in [0, 0.05) is 11.8 Å². The molecule has 2 heterocycles. The molecule has 0 aromatic carbocycles. The van der Waals surface area contributed by atoms with Crippen LogP contribution >= 0.6 is 11.8 Å². The first kappa shape index (κ1) is 5.67. The zero-order valence-electron chi connectivity index (χ0n) is 5.89. The molecule has 0 spiro atoms. The van der Waals surface area contributed by atoms with E-state index in [-0.39, 0.29) is 0 Å². The predicted octanol–water partition coefficient (Wildman–Crippen LogP) is 1.37. The normalized spacial score (nSPS) is 43.2. The van der Waals surface area contributed by atoms with E-state index in [1.54, 1.807) is 10.5 Å². The van der Waals surface area contributed by atoms with Crippen molar-refractivity contribution in [3.8, 4) is 0 Å². The molecule has 0 saturated heterocycles. The second-order valence-electron chi connectivity index (χ2n) is 3.37. The third-order valence-corrected chi connectivity index (χ3v) is 4.25. The molecule has 3 rings (SSSR count). The Morgan fingerprint density at radius 3 is 3.40 bits per heavy atom. The van der Waals surface area contributed by atoms with Gasteiger partial charge >= 0.3 is 0 Å². The Labute approximate surface area is 65.3 Å². The van der Waals surface area contributed by atoms with E-state index < -0.39 is 0 Å². The highest BCUT2D eigenvalue weighted by Gasteiger charge is 2.47. The number of nitrogens with one attached hydrogen (secondary N) is 1. The van der Waals surface area contributed by atoms with Gasteiger partial charge in [-0.3, -0.25) is 0 Å². The second kappa shape index (κ2) is 1.80. The standard InChI is InChI=1S/C8H11NS/c1-2-9-4-6-5-3-8(5)10-7(1)6/h5,8-9H,1-4H2. The minimum absolute atomic E-state index is 1.01. The molecule has 2 aliphatic heterocycles. The average Bonchev–Trinajstić information content (AvgIpc) is 2.64. The Balaban J connectivity index is 1.96. The first-order valence-corrected chi connectivity index (χ1v) is 4.92. The molecule has 54 valence electrons. The average molecular weight is 153 g/mol. The number of hydrogen-bond donors (Lipinski definition) is 1. The van der Waals surface area contributed by atoms with Crippen molar-refractivity contribution in [2.24, 2.45) is 5.92 Å². The van der Waals surface area contributed by atoms with Crippen molar-refractivity contribution < 1.29 is 0 Å². The quantitative estimate of drug-likeness (QED) is 0.564. The Morgan fingerprint density at radius 2 is 2.50 bits per heavy atom. The Kier molecular flexibility index (Phi) is 1.02. The van der Waals surface area contributed by atoms with Crippen molar-refractivity contribution in [3.05, 3.63) is 10.5 Å². The molecule has 0 aromatic heterocycles. The van der Waals surface area contributed by atoms with Crippen molar-refractivity contribution in [1.82, 2.24) is 5.32 Å². The summed E-state index contributed by atoms with van der Waals surface area (Å²) in [7, 11) is 0. The molecule has 10 heavy (non-hydrogen) atoms. The number of rotatable bonds is 0. The van der Waals surface area contributed by atoms with Gasteiger partial charge in [0.2, 0.25) is 0 Å². The molecule has 2 heteroatoms. The molecule has 1 nitrogen and oxygen atoms in total. The lowest BCUT2D eigenvalue weighted by atomic mass is 10.1. The van der Waals surface area contributed by atoms with E-state index >= 15 is 0 Å². The van der Waals surface area contributed by atoms with E-state index in [0.717, 1.165) is 11.2 Å². The fraction of sp³-hybridized carbons (Fsp3) is 0.750.